The molecule has 76 valence electrons. The number of nitriles is 1. The van der Waals surface area contributed by atoms with Gasteiger partial charge in [0.05, 0.1) is 6.07 Å². The van der Waals surface area contributed by atoms with Gasteiger partial charge in [0.25, 0.3) is 0 Å². The largest absolute Gasteiger partial charge is 0.303 e. The SMILES string of the molecule is CNC(C)(C#N)CCSc1nccs1. The Morgan fingerprint density at radius 3 is 3.07 bits per heavy atom. The molecule has 0 aromatic carbocycles. The Morgan fingerprint density at radius 2 is 2.57 bits per heavy atom. The maximum atomic E-state index is 8.91. The number of aromatic nitrogens is 1. The summed E-state index contributed by atoms with van der Waals surface area (Å²) in [6.45, 7) is 1.91. The highest BCUT2D eigenvalue weighted by atomic mass is 32.2. The molecule has 1 aromatic rings. The third-order valence-corrected chi connectivity index (χ3v) is 4.00. The first-order valence-electron chi connectivity index (χ1n) is 4.32. The van der Waals surface area contributed by atoms with Crippen LogP contribution in [-0.2, 0) is 0 Å². The van der Waals surface area contributed by atoms with Gasteiger partial charge in [-0.2, -0.15) is 5.26 Å². The van der Waals surface area contributed by atoms with Gasteiger partial charge in [-0.15, -0.1) is 11.3 Å². The lowest BCUT2D eigenvalue weighted by molar-refractivity contribution is 0.479. The van der Waals surface area contributed by atoms with Gasteiger partial charge in [0.15, 0.2) is 0 Å². The molecule has 1 N–H and O–H groups in total. The smallest absolute Gasteiger partial charge is 0.149 e. The fourth-order valence-corrected chi connectivity index (χ4v) is 2.73. The van der Waals surface area contributed by atoms with Crippen LogP contribution in [-0.4, -0.2) is 23.3 Å². The molecule has 0 spiro atoms. The van der Waals surface area contributed by atoms with Gasteiger partial charge in [0.1, 0.15) is 9.88 Å². The van der Waals surface area contributed by atoms with Crippen molar-refractivity contribution in [2.75, 3.05) is 12.8 Å². The molecule has 0 aliphatic rings. The van der Waals surface area contributed by atoms with Crippen LogP contribution in [0.2, 0.25) is 0 Å². The van der Waals surface area contributed by atoms with E-state index in [0.29, 0.717) is 0 Å². The number of thiazole rings is 1. The van der Waals surface area contributed by atoms with Gasteiger partial charge in [-0.1, -0.05) is 11.8 Å². The van der Waals surface area contributed by atoms with Crippen LogP contribution in [0.3, 0.4) is 0 Å². The molecule has 0 bridgehead atoms. The minimum Gasteiger partial charge on any atom is -0.303 e. The summed E-state index contributed by atoms with van der Waals surface area (Å²) in [5.41, 5.74) is -0.412. The maximum absolute atomic E-state index is 8.91. The second kappa shape index (κ2) is 5.35. The number of rotatable bonds is 5. The van der Waals surface area contributed by atoms with E-state index in [4.69, 9.17) is 5.26 Å². The third kappa shape index (κ3) is 3.29. The van der Waals surface area contributed by atoms with Crippen LogP contribution in [0.4, 0.5) is 0 Å². The molecule has 0 aliphatic carbocycles. The standard InChI is InChI=1S/C9H13N3S2/c1-9(7-10,11-2)3-5-13-8-12-4-6-14-8/h4,6,11H,3,5H2,1-2H3. The zero-order chi connectivity index (χ0) is 10.4. The van der Waals surface area contributed by atoms with E-state index in [0.717, 1.165) is 16.5 Å². The molecule has 0 saturated heterocycles. The summed E-state index contributed by atoms with van der Waals surface area (Å²) >= 11 is 3.34. The molecule has 0 saturated carbocycles. The van der Waals surface area contributed by atoms with Crippen molar-refractivity contribution in [2.24, 2.45) is 0 Å². The van der Waals surface area contributed by atoms with Crippen molar-refractivity contribution in [3.8, 4) is 6.07 Å². The maximum Gasteiger partial charge on any atom is 0.149 e. The van der Waals surface area contributed by atoms with Crippen molar-refractivity contribution < 1.29 is 0 Å². The normalized spacial score (nSPS) is 14.6. The van der Waals surface area contributed by atoms with E-state index in [9.17, 15) is 0 Å². The Bertz CT molecular complexity index is 304. The van der Waals surface area contributed by atoms with Gasteiger partial charge in [-0.05, 0) is 20.4 Å². The first kappa shape index (κ1) is 11.5. The lowest BCUT2D eigenvalue weighted by Gasteiger charge is -2.19. The van der Waals surface area contributed by atoms with Crippen LogP contribution in [0.25, 0.3) is 0 Å². The Hall–Kier alpha value is -0.570. The van der Waals surface area contributed by atoms with E-state index in [2.05, 4.69) is 16.4 Å². The van der Waals surface area contributed by atoms with Gasteiger partial charge in [-0.3, -0.25) is 0 Å². The number of nitrogens with zero attached hydrogens (tertiary/aromatic N) is 2. The van der Waals surface area contributed by atoms with Crippen LogP contribution in [0.1, 0.15) is 13.3 Å². The summed E-state index contributed by atoms with van der Waals surface area (Å²) in [7, 11) is 1.82. The van der Waals surface area contributed by atoms with Gasteiger partial charge in [-0.25, -0.2) is 4.98 Å². The molecular weight excluding hydrogens is 214 g/mol. The Morgan fingerprint density at radius 1 is 1.79 bits per heavy atom. The Labute approximate surface area is 92.5 Å². The molecule has 1 unspecified atom stereocenters. The van der Waals surface area contributed by atoms with Gasteiger partial charge in [0, 0.05) is 17.3 Å². The minimum atomic E-state index is -0.412. The Kier molecular flexibility index (Phi) is 4.39. The van der Waals surface area contributed by atoms with Crippen LogP contribution < -0.4 is 5.32 Å². The summed E-state index contributed by atoms with van der Waals surface area (Å²) in [5.74, 6) is 0.915. The summed E-state index contributed by atoms with van der Waals surface area (Å²) < 4.78 is 1.07. The van der Waals surface area contributed by atoms with E-state index >= 15 is 0 Å². The molecule has 0 radical (unpaired) electrons. The predicted octanol–water partition coefficient (Wildman–Crippen LogP) is 2.13. The lowest BCUT2D eigenvalue weighted by atomic mass is 10.0. The van der Waals surface area contributed by atoms with E-state index in [1.54, 1.807) is 29.3 Å². The van der Waals surface area contributed by atoms with Crippen LogP contribution >= 0.6 is 23.1 Å². The van der Waals surface area contributed by atoms with Crippen molar-refractivity contribution in [1.82, 2.24) is 10.3 Å². The minimum absolute atomic E-state index is 0.412. The van der Waals surface area contributed by atoms with Crippen molar-refractivity contribution in [3.63, 3.8) is 0 Å². The summed E-state index contributed by atoms with van der Waals surface area (Å²) in [6.07, 6.45) is 2.62. The molecule has 1 atom stereocenters. The molecule has 0 amide bonds. The van der Waals surface area contributed by atoms with Crippen molar-refractivity contribution in [2.45, 2.75) is 23.2 Å². The predicted molar refractivity (Wildman–Crippen MR) is 60.5 cm³/mol. The highest BCUT2D eigenvalue weighted by Gasteiger charge is 2.20. The van der Waals surface area contributed by atoms with E-state index in [-0.39, 0.29) is 0 Å². The van der Waals surface area contributed by atoms with Crippen molar-refractivity contribution in [1.29, 1.82) is 5.26 Å². The molecule has 0 aliphatic heterocycles. The topological polar surface area (TPSA) is 48.7 Å². The van der Waals surface area contributed by atoms with Gasteiger partial charge >= 0.3 is 0 Å². The molecule has 5 heteroatoms. The fourth-order valence-electron chi connectivity index (χ4n) is 0.861. The van der Waals surface area contributed by atoms with E-state index < -0.39 is 5.54 Å². The second-order valence-electron chi connectivity index (χ2n) is 3.09. The average Bonchev–Trinajstić information content (AvgIpc) is 2.70. The summed E-state index contributed by atoms with van der Waals surface area (Å²) in [5, 5.41) is 13.9. The fraction of sp³-hybridized carbons (Fsp3) is 0.556. The number of hydrogen-bond donors (Lipinski definition) is 1. The Balaban J connectivity index is 2.31. The molecule has 14 heavy (non-hydrogen) atoms. The third-order valence-electron chi connectivity index (χ3n) is 2.04. The zero-order valence-corrected chi connectivity index (χ0v) is 9.91. The van der Waals surface area contributed by atoms with E-state index in [1.807, 2.05) is 19.4 Å². The lowest BCUT2D eigenvalue weighted by Crippen LogP contribution is -2.38. The molecule has 1 heterocycles. The van der Waals surface area contributed by atoms with Crippen molar-refractivity contribution >= 4 is 23.1 Å². The van der Waals surface area contributed by atoms with Gasteiger partial charge in [0.2, 0.25) is 0 Å². The first-order chi connectivity index (χ1) is 6.70. The highest BCUT2D eigenvalue weighted by Crippen LogP contribution is 2.23. The zero-order valence-electron chi connectivity index (χ0n) is 8.28. The first-order valence-corrected chi connectivity index (χ1v) is 6.19. The van der Waals surface area contributed by atoms with Crippen molar-refractivity contribution in [3.05, 3.63) is 11.6 Å². The van der Waals surface area contributed by atoms with Crippen LogP contribution in [0.15, 0.2) is 15.9 Å². The summed E-state index contributed by atoms with van der Waals surface area (Å²) in [6, 6.07) is 2.27. The number of thioether (sulfide) groups is 1. The van der Waals surface area contributed by atoms with Crippen LogP contribution in [0.5, 0.6) is 0 Å². The number of nitrogens with one attached hydrogen (secondary N) is 1. The molecular formula is C9H13N3S2. The van der Waals surface area contributed by atoms with Gasteiger partial charge < -0.3 is 5.32 Å². The van der Waals surface area contributed by atoms with Crippen LogP contribution in [0, 0.1) is 11.3 Å². The monoisotopic (exact) mass is 227 g/mol. The second-order valence-corrected chi connectivity index (χ2v) is 5.33. The summed E-state index contributed by atoms with van der Waals surface area (Å²) in [4.78, 5) is 4.17. The van der Waals surface area contributed by atoms with E-state index in [1.165, 1.54) is 0 Å². The highest BCUT2D eigenvalue weighted by molar-refractivity contribution is 8.00. The molecule has 1 aromatic heterocycles. The molecule has 3 nitrogen and oxygen atoms in total. The average molecular weight is 227 g/mol. The molecule has 1 rings (SSSR count). The quantitative estimate of drug-likeness (QED) is 0.783. The molecule has 0 fully saturated rings. The number of hydrogen-bond acceptors (Lipinski definition) is 5.